The van der Waals surface area contributed by atoms with Crippen molar-refractivity contribution >= 4 is 17.0 Å². The maximum absolute atomic E-state index is 3.52. The van der Waals surface area contributed by atoms with Crippen LogP contribution in [-0.4, -0.2) is 13.1 Å². The monoisotopic (exact) mass is 279 g/mol. The zero-order chi connectivity index (χ0) is 10.5. The van der Waals surface area contributed by atoms with Crippen molar-refractivity contribution in [3.8, 4) is 0 Å². The summed E-state index contributed by atoms with van der Waals surface area (Å²) >= 11 is 0. The first kappa shape index (κ1) is 17.8. The van der Waals surface area contributed by atoms with Crippen LogP contribution in [0.1, 0.15) is 71.6 Å². The molecule has 0 amide bonds. The van der Waals surface area contributed by atoms with E-state index in [1.54, 1.807) is 0 Å². The van der Waals surface area contributed by atoms with E-state index < -0.39 is 0 Å². The molecule has 94 valence electrons. The molecule has 0 aromatic carbocycles. The molecule has 0 rings (SSSR count). The molecule has 15 heavy (non-hydrogen) atoms. The molecule has 0 aromatic rings. The van der Waals surface area contributed by atoms with Gasteiger partial charge in [-0.3, -0.25) is 0 Å². The third-order valence-corrected chi connectivity index (χ3v) is 2.66. The van der Waals surface area contributed by atoms with Gasteiger partial charge in [0, 0.05) is 0 Å². The van der Waals surface area contributed by atoms with Crippen molar-refractivity contribution in [3.05, 3.63) is 0 Å². The first-order chi connectivity index (χ1) is 6.91. The predicted molar refractivity (Wildman–Crippen MR) is 76.1 cm³/mol. The van der Waals surface area contributed by atoms with Crippen molar-refractivity contribution in [1.82, 2.24) is 5.32 Å². The fourth-order valence-corrected chi connectivity index (χ4v) is 1.66. The van der Waals surface area contributed by atoms with Crippen molar-refractivity contribution in [3.63, 3.8) is 0 Å². The Balaban J connectivity index is 0. The first-order valence-electron chi connectivity index (χ1n) is 6.62. The van der Waals surface area contributed by atoms with Crippen molar-refractivity contribution in [1.29, 1.82) is 0 Å². The summed E-state index contributed by atoms with van der Waals surface area (Å²) in [4.78, 5) is 0. The molecule has 0 heterocycles. The highest BCUT2D eigenvalue weighted by atomic mass is 79.9. The Morgan fingerprint density at radius 1 is 0.600 bits per heavy atom. The van der Waals surface area contributed by atoms with Crippen LogP contribution in [0.15, 0.2) is 0 Å². The predicted octanol–water partition coefficient (Wildman–Crippen LogP) is 4.70. The van der Waals surface area contributed by atoms with Crippen LogP contribution in [0.25, 0.3) is 0 Å². The van der Waals surface area contributed by atoms with E-state index in [1.807, 2.05) is 0 Å². The summed E-state index contributed by atoms with van der Waals surface area (Å²) in [6.07, 6.45) is 12.5. The lowest BCUT2D eigenvalue weighted by molar-refractivity contribution is 0.558. The number of unbranched alkanes of at least 4 members (excludes halogenated alkanes) is 7. The zero-order valence-corrected chi connectivity index (χ0v) is 12.4. The molecular weight excluding hydrogens is 250 g/mol. The average molecular weight is 280 g/mol. The molecule has 0 bridgehead atoms. The topological polar surface area (TPSA) is 12.0 Å². The van der Waals surface area contributed by atoms with Crippen molar-refractivity contribution in [2.45, 2.75) is 71.6 Å². The SMILES string of the molecule is Br.CCCCCCCNCCCCCC. The van der Waals surface area contributed by atoms with E-state index in [9.17, 15) is 0 Å². The summed E-state index contributed by atoms with van der Waals surface area (Å²) in [7, 11) is 0. The number of hydrogen-bond donors (Lipinski definition) is 1. The fraction of sp³-hybridized carbons (Fsp3) is 1.00. The molecule has 0 spiro atoms. The number of hydrogen-bond acceptors (Lipinski definition) is 1. The molecule has 0 atom stereocenters. The summed E-state index contributed by atoms with van der Waals surface area (Å²) in [5, 5.41) is 3.52. The highest BCUT2D eigenvalue weighted by Crippen LogP contribution is 2.01. The molecule has 1 N–H and O–H groups in total. The second-order valence-electron chi connectivity index (χ2n) is 4.22. The van der Waals surface area contributed by atoms with Gasteiger partial charge in [0.1, 0.15) is 0 Å². The second kappa shape index (κ2) is 16.9. The van der Waals surface area contributed by atoms with Gasteiger partial charge in [-0.25, -0.2) is 0 Å². The highest BCUT2D eigenvalue weighted by Gasteiger charge is 1.90. The Labute approximate surface area is 107 Å². The van der Waals surface area contributed by atoms with Crippen LogP contribution in [0.2, 0.25) is 0 Å². The number of halogens is 1. The van der Waals surface area contributed by atoms with Gasteiger partial charge in [-0.1, -0.05) is 58.8 Å². The Kier molecular flexibility index (Phi) is 20.0. The van der Waals surface area contributed by atoms with Gasteiger partial charge in [-0.2, -0.15) is 0 Å². The van der Waals surface area contributed by atoms with Gasteiger partial charge < -0.3 is 5.32 Å². The Morgan fingerprint density at radius 2 is 1.00 bits per heavy atom. The van der Waals surface area contributed by atoms with E-state index in [0.29, 0.717) is 0 Å². The van der Waals surface area contributed by atoms with E-state index in [0.717, 1.165) is 0 Å². The van der Waals surface area contributed by atoms with E-state index in [2.05, 4.69) is 19.2 Å². The van der Waals surface area contributed by atoms with Gasteiger partial charge in [0.2, 0.25) is 0 Å². The van der Waals surface area contributed by atoms with Gasteiger partial charge in [0.25, 0.3) is 0 Å². The lowest BCUT2D eigenvalue weighted by Gasteiger charge is -2.03. The molecule has 0 aliphatic heterocycles. The first-order valence-corrected chi connectivity index (χ1v) is 6.62. The maximum atomic E-state index is 3.52. The standard InChI is InChI=1S/C13H29N.BrH/c1-3-5-7-9-11-13-14-12-10-8-6-4-2;/h14H,3-13H2,1-2H3;1H. The molecule has 0 saturated heterocycles. The minimum Gasteiger partial charge on any atom is -0.317 e. The largest absolute Gasteiger partial charge is 0.317 e. The number of nitrogens with one attached hydrogen (secondary N) is 1. The third kappa shape index (κ3) is 17.1. The van der Waals surface area contributed by atoms with E-state index in [1.165, 1.54) is 70.9 Å². The van der Waals surface area contributed by atoms with Crippen LogP contribution in [0.3, 0.4) is 0 Å². The molecule has 0 aliphatic carbocycles. The van der Waals surface area contributed by atoms with Crippen LogP contribution in [0.4, 0.5) is 0 Å². The van der Waals surface area contributed by atoms with Crippen LogP contribution >= 0.6 is 17.0 Å². The van der Waals surface area contributed by atoms with Crippen LogP contribution in [-0.2, 0) is 0 Å². The molecular formula is C13H30BrN. The lowest BCUT2D eigenvalue weighted by Crippen LogP contribution is -2.16. The van der Waals surface area contributed by atoms with Crippen LogP contribution < -0.4 is 5.32 Å². The summed E-state index contributed by atoms with van der Waals surface area (Å²) in [5.41, 5.74) is 0. The summed E-state index contributed by atoms with van der Waals surface area (Å²) in [6, 6.07) is 0. The Bertz CT molecular complexity index is 84.5. The molecule has 2 heteroatoms. The molecule has 0 saturated carbocycles. The summed E-state index contributed by atoms with van der Waals surface area (Å²) in [6.45, 7) is 7.00. The smallest absolute Gasteiger partial charge is 0.00489 e. The summed E-state index contributed by atoms with van der Waals surface area (Å²) < 4.78 is 0. The van der Waals surface area contributed by atoms with Gasteiger partial charge >= 0.3 is 0 Å². The second-order valence-corrected chi connectivity index (χ2v) is 4.22. The van der Waals surface area contributed by atoms with Gasteiger partial charge in [0.15, 0.2) is 0 Å². The van der Waals surface area contributed by atoms with Crippen LogP contribution in [0, 0.1) is 0 Å². The lowest BCUT2D eigenvalue weighted by atomic mass is 10.1. The quantitative estimate of drug-likeness (QED) is 0.541. The molecule has 0 fully saturated rings. The van der Waals surface area contributed by atoms with E-state index in [-0.39, 0.29) is 17.0 Å². The minimum absolute atomic E-state index is 0. The van der Waals surface area contributed by atoms with E-state index in [4.69, 9.17) is 0 Å². The third-order valence-electron chi connectivity index (χ3n) is 2.66. The zero-order valence-electron chi connectivity index (χ0n) is 10.7. The normalized spacial score (nSPS) is 10.0. The molecule has 0 aliphatic rings. The minimum atomic E-state index is 0. The maximum Gasteiger partial charge on any atom is -0.00489 e. The summed E-state index contributed by atoms with van der Waals surface area (Å²) in [5.74, 6) is 0. The Hall–Kier alpha value is 0.440. The van der Waals surface area contributed by atoms with Crippen molar-refractivity contribution < 1.29 is 0 Å². The molecule has 0 unspecified atom stereocenters. The molecule has 1 nitrogen and oxygen atoms in total. The van der Waals surface area contributed by atoms with E-state index >= 15 is 0 Å². The highest BCUT2D eigenvalue weighted by molar-refractivity contribution is 8.93. The molecule has 0 aromatic heterocycles. The Morgan fingerprint density at radius 3 is 1.47 bits per heavy atom. The average Bonchev–Trinajstić information content (AvgIpc) is 2.21. The van der Waals surface area contributed by atoms with Crippen molar-refractivity contribution in [2.24, 2.45) is 0 Å². The number of rotatable bonds is 11. The van der Waals surface area contributed by atoms with Crippen molar-refractivity contribution in [2.75, 3.05) is 13.1 Å². The van der Waals surface area contributed by atoms with Gasteiger partial charge in [-0.15, -0.1) is 17.0 Å². The fourth-order valence-electron chi connectivity index (χ4n) is 1.66. The van der Waals surface area contributed by atoms with Crippen LogP contribution in [0.5, 0.6) is 0 Å². The molecule has 0 radical (unpaired) electrons. The van der Waals surface area contributed by atoms with Gasteiger partial charge in [0.05, 0.1) is 0 Å². The van der Waals surface area contributed by atoms with Gasteiger partial charge in [-0.05, 0) is 25.9 Å².